The Kier molecular flexibility index (Phi) is 8.01. The van der Waals surface area contributed by atoms with Crippen molar-refractivity contribution in [3.05, 3.63) is 35.4 Å². The average molecular weight is 425 g/mol. The van der Waals surface area contributed by atoms with Crippen LogP contribution in [0, 0.1) is 0 Å². The van der Waals surface area contributed by atoms with E-state index in [0.717, 1.165) is 30.4 Å². The van der Waals surface area contributed by atoms with E-state index in [9.17, 15) is 14.4 Å². The van der Waals surface area contributed by atoms with Gasteiger partial charge in [0.2, 0.25) is 5.91 Å². The van der Waals surface area contributed by atoms with Crippen LogP contribution in [0.1, 0.15) is 43.2 Å². The number of carbonyl (C=O) groups excluding carboxylic acids is 3. The summed E-state index contributed by atoms with van der Waals surface area (Å²) in [6.45, 7) is 0.585. The Hall–Kier alpha value is -2.16. The molecule has 1 saturated carbocycles. The summed E-state index contributed by atoms with van der Waals surface area (Å²) in [6.07, 6.45) is 4.39. The minimum Gasteiger partial charge on any atom is -0.383 e. The van der Waals surface area contributed by atoms with Crippen molar-refractivity contribution < 1.29 is 19.1 Å². The second-order valence-corrected chi connectivity index (χ2v) is 7.51. The van der Waals surface area contributed by atoms with Crippen molar-refractivity contribution in [2.24, 2.45) is 5.73 Å². The summed E-state index contributed by atoms with van der Waals surface area (Å²) < 4.78 is 4.89. The van der Waals surface area contributed by atoms with Crippen molar-refractivity contribution in [3.63, 3.8) is 0 Å². The van der Waals surface area contributed by atoms with Gasteiger partial charge in [0.15, 0.2) is 0 Å². The number of hydrogen-bond acceptors (Lipinski definition) is 5. The molecule has 1 heterocycles. The quantitative estimate of drug-likeness (QED) is 0.573. The van der Waals surface area contributed by atoms with Gasteiger partial charge >= 0.3 is 6.03 Å². The van der Waals surface area contributed by atoms with E-state index in [2.05, 4.69) is 10.6 Å². The molecule has 2 fully saturated rings. The summed E-state index contributed by atoms with van der Waals surface area (Å²) >= 11 is 0. The third-order valence-electron chi connectivity index (χ3n) is 5.54. The number of nitrogens with zero attached hydrogens (tertiary/aromatic N) is 1. The molecule has 3 rings (SSSR count). The highest BCUT2D eigenvalue weighted by Gasteiger charge is 2.51. The number of benzene rings is 1. The number of methoxy groups -OCH3 is 1. The Balaban J connectivity index is 0.00000300. The topological polar surface area (TPSA) is 114 Å². The number of ether oxygens (including phenoxy) is 1. The second-order valence-electron chi connectivity index (χ2n) is 7.51. The Labute approximate surface area is 176 Å². The zero-order chi connectivity index (χ0) is 20.1. The maximum Gasteiger partial charge on any atom is 0.325 e. The maximum atomic E-state index is 13.0. The molecular formula is C20H29ClN4O4. The van der Waals surface area contributed by atoms with Crippen molar-refractivity contribution in [1.82, 2.24) is 15.5 Å². The van der Waals surface area contributed by atoms with E-state index in [4.69, 9.17) is 10.5 Å². The second kappa shape index (κ2) is 10.0. The van der Waals surface area contributed by atoms with Gasteiger partial charge in [-0.15, -0.1) is 12.4 Å². The van der Waals surface area contributed by atoms with Crippen molar-refractivity contribution in [1.29, 1.82) is 0 Å². The number of nitrogens with one attached hydrogen (secondary N) is 2. The summed E-state index contributed by atoms with van der Waals surface area (Å²) in [5.74, 6) is -0.453. The first kappa shape index (κ1) is 23.1. The summed E-state index contributed by atoms with van der Waals surface area (Å²) in [6, 6.07) is 6.36. The predicted octanol–water partition coefficient (Wildman–Crippen LogP) is 1.45. The standard InChI is InChI=1S/C20H28N4O4.ClH/c1-28-13-16(21)17(25)22-11-14-7-3-4-8-15(14)12-24-18(26)20(23-19(24)27)9-5-2-6-10-20;/h3-4,7-8,16H,2,5-6,9-13,21H2,1H3,(H,22,25)(H,23,27);1H. The van der Waals surface area contributed by atoms with Crippen LogP contribution in [0.5, 0.6) is 0 Å². The van der Waals surface area contributed by atoms with Gasteiger partial charge in [-0.05, 0) is 24.0 Å². The van der Waals surface area contributed by atoms with E-state index in [1.165, 1.54) is 12.0 Å². The third-order valence-corrected chi connectivity index (χ3v) is 5.54. The fourth-order valence-electron chi connectivity index (χ4n) is 3.94. The maximum absolute atomic E-state index is 13.0. The molecule has 4 amide bonds. The number of nitrogens with two attached hydrogens (primary N) is 1. The highest BCUT2D eigenvalue weighted by molar-refractivity contribution is 6.07. The number of carbonyl (C=O) groups is 3. The van der Waals surface area contributed by atoms with E-state index in [-0.39, 0.29) is 49.9 Å². The normalized spacial score (nSPS) is 18.9. The summed E-state index contributed by atoms with van der Waals surface area (Å²) in [7, 11) is 1.49. The molecule has 0 aromatic heterocycles. The smallest absolute Gasteiger partial charge is 0.325 e. The van der Waals surface area contributed by atoms with Gasteiger partial charge in [0.25, 0.3) is 5.91 Å². The van der Waals surface area contributed by atoms with E-state index in [1.807, 2.05) is 24.3 Å². The molecule has 8 nitrogen and oxygen atoms in total. The molecule has 0 bridgehead atoms. The molecule has 9 heteroatoms. The van der Waals surface area contributed by atoms with Gasteiger partial charge in [0, 0.05) is 13.7 Å². The number of imide groups is 1. The highest BCUT2D eigenvalue weighted by Crippen LogP contribution is 2.34. The molecular weight excluding hydrogens is 396 g/mol. The van der Waals surface area contributed by atoms with Crippen LogP contribution in [-0.2, 0) is 27.4 Å². The van der Waals surface area contributed by atoms with Gasteiger partial charge in [0.1, 0.15) is 11.6 Å². The van der Waals surface area contributed by atoms with Crippen LogP contribution >= 0.6 is 12.4 Å². The van der Waals surface area contributed by atoms with Crippen LogP contribution in [0.3, 0.4) is 0 Å². The Bertz CT molecular complexity index is 752. The van der Waals surface area contributed by atoms with Crippen molar-refractivity contribution >= 4 is 30.3 Å². The van der Waals surface area contributed by atoms with E-state index < -0.39 is 11.6 Å². The summed E-state index contributed by atoms with van der Waals surface area (Å²) in [4.78, 5) is 38.8. The first-order valence-corrected chi connectivity index (χ1v) is 9.70. The van der Waals surface area contributed by atoms with E-state index in [1.54, 1.807) is 0 Å². The van der Waals surface area contributed by atoms with E-state index in [0.29, 0.717) is 12.8 Å². The lowest BCUT2D eigenvalue weighted by molar-refractivity contribution is -0.132. The van der Waals surface area contributed by atoms with Crippen molar-refractivity contribution in [3.8, 4) is 0 Å². The van der Waals surface area contributed by atoms with E-state index >= 15 is 0 Å². The minimum absolute atomic E-state index is 0. The molecule has 1 saturated heterocycles. The molecule has 1 spiro atoms. The molecule has 1 atom stereocenters. The third kappa shape index (κ3) is 5.07. The molecule has 4 N–H and O–H groups in total. The molecule has 1 aromatic rings. The first-order chi connectivity index (χ1) is 13.5. The lowest BCUT2D eigenvalue weighted by Gasteiger charge is -2.30. The molecule has 1 unspecified atom stereocenters. The lowest BCUT2D eigenvalue weighted by Crippen LogP contribution is -2.48. The molecule has 2 aliphatic rings. The predicted molar refractivity (Wildman–Crippen MR) is 110 cm³/mol. The monoisotopic (exact) mass is 424 g/mol. The summed E-state index contributed by atoms with van der Waals surface area (Å²) in [5.41, 5.74) is 6.66. The van der Waals surface area contributed by atoms with Gasteiger partial charge in [-0.2, -0.15) is 0 Å². The van der Waals surface area contributed by atoms with Crippen LogP contribution in [0.25, 0.3) is 0 Å². The zero-order valence-electron chi connectivity index (χ0n) is 16.6. The molecule has 29 heavy (non-hydrogen) atoms. The molecule has 0 radical (unpaired) electrons. The minimum atomic E-state index is -0.741. The SMILES string of the molecule is COCC(N)C(=O)NCc1ccccc1CN1C(=O)NC2(CCCCC2)C1=O.Cl. The number of hydrogen-bond donors (Lipinski definition) is 3. The average Bonchev–Trinajstić information content (AvgIpc) is 2.91. The van der Waals surface area contributed by atoms with Gasteiger partial charge in [0.05, 0.1) is 13.2 Å². The van der Waals surface area contributed by atoms with Gasteiger partial charge in [-0.25, -0.2) is 4.79 Å². The molecule has 1 aliphatic carbocycles. The zero-order valence-corrected chi connectivity index (χ0v) is 17.4. The van der Waals surface area contributed by atoms with Gasteiger partial charge in [-0.3, -0.25) is 14.5 Å². The molecule has 1 aliphatic heterocycles. The summed E-state index contributed by atoms with van der Waals surface area (Å²) in [5, 5.41) is 5.71. The molecule has 160 valence electrons. The fourth-order valence-corrected chi connectivity index (χ4v) is 3.94. The van der Waals surface area contributed by atoms with Gasteiger partial charge in [-0.1, -0.05) is 43.5 Å². The fraction of sp³-hybridized carbons (Fsp3) is 0.550. The number of halogens is 1. The number of rotatable bonds is 7. The Morgan fingerprint density at radius 1 is 1.24 bits per heavy atom. The lowest BCUT2D eigenvalue weighted by atomic mass is 9.81. The van der Waals surface area contributed by atoms with Crippen molar-refractivity contribution in [2.75, 3.05) is 13.7 Å². The van der Waals surface area contributed by atoms with Crippen LogP contribution < -0.4 is 16.4 Å². The van der Waals surface area contributed by atoms with Crippen LogP contribution in [0.4, 0.5) is 4.79 Å². The number of urea groups is 1. The van der Waals surface area contributed by atoms with Crippen LogP contribution in [0.15, 0.2) is 24.3 Å². The van der Waals surface area contributed by atoms with Gasteiger partial charge < -0.3 is 21.1 Å². The van der Waals surface area contributed by atoms with Crippen LogP contribution in [0.2, 0.25) is 0 Å². The number of amides is 4. The van der Waals surface area contributed by atoms with Crippen molar-refractivity contribution in [2.45, 2.75) is 56.8 Å². The first-order valence-electron chi connectivity index (χ1n) is 9.70. The highest BCUT2D eigenvalue weighted by atomic mass is 35.5. The molecule has 1 aromatic carbocycles. The Morgan fingerprint density at radius 2 is 1.90 bits per heavy atom. The Morgan fingerprint density at radius 3 is 2.55 bits per heavy atom. The largest absolute Gasteiger partial charge is 0.383 e. The van der Waals surface area contributed by atoms with Crippen LogP contribution in [-0.4, -0.2) is 48.0 Å².